The molecule has 0 aromatic heterocycles. The second-order valence-corrected chi connectivity index (χ2v) is 10.9. The Kier molecular flexibility index (Phi) is 10.7. The van der Waals surface area contributed by atoms with Crippen molar-refractivity contribution in [3.63, 3.8) is 0 Å². The summed E-state index contributed by atoms with van der Waals surface area (Å²) < 4.78 is 11.0. The summed E-state index contributed by atoms with van der Waals surface area (Å²) in [5.41, 5.74) is 2.00. The van der Waals surface area contributed by atoms with Crippen LogP contribution in [0.15, 0.2) is 71.1 Å². The minimum Gasteiger partial charge on any atom is -0.466 e. The molecule has 1 aliphatic rings. The molecule has 0 spiro atoms. The first-order valence-electron chi connectivity index (χ1n) is 13.6. The van der Waals surface area contributed by atoms with E-state index in [1.54, 1.807) is 19.9 Å². The van der Waals surface area contributed by atoms with Crippen molar-refractivity contribution < 1.29 is 24.0 Å². The lowest BCUT2D eigenvalue weighted by Crippen LogP contribution is -2.40. The number of carbonyl (C=O) groups is 2. The summed E-state index contributed by atoms with van der Waals surface area (Å²) in [6.45, 7) is 9.14. The largest absolute Gasteiger partial charge is 0.466 e. The van der Waals surface area contributed by atoms with Crippen LogP contribution in [0.1, 0.15) is 57.6 Å². The van der Waals surface area contributed by atoms with Gasteiger partial charge in [0.05, 0.1) is 35.7 Å². The first-order valence-corrected chi connectivity index (χ1v) is 14.0. The summed E-state index contributed by atoms with van der Waals surface area (Å²) in [6.07, 6.45) is 1.55. The molecule has 41 heavy (non-hydrogen) atoms. The van der Waals surface area contributed by atoms with Crippen molar-refractivity contribution in [3.8, 4) is 0 Å². The van der Waals surface area contributed by atoms with E-state index in [-0.39, 0.29) is 39.4 Å². The topological polar surface area (TPSA) is 111 Å². The normalized spacial score (nSPS) is 15.6. The van der Waals surface area contributed by atoms with E-state index in [1.807, 2.05) is 25.2 Å². The van der Waals surface area contributed by atoms with Crippen molar-refractivity contribution in [1.29, 1.82) is 0 Å². The summed E-state index contributed by atoms with van der Waals surface area (Å²) in [7, 11) is 3.28. The quantitative estimate of drug-likeness (QED) is 0.180. The van der Waals surface area contributed by atoms with Crippen LogP contribution in [0.3, 0.4) is 0 Å². The molecule has 0 fully saturated rings. The number of nitrogens with one attached hydrogen (secondary N) is 1. The van der Waals surface area contributed by atoms with Gasteiger partial charge >= 0.3 is 11.9 Å². The minimum atomic E-state index is -1.03. The number of rotatable bonds is 12. The van der Waals surface area contributed by atoms with Crippen molar-refractivity contribution in [1.82, 2.24) is 10.2 Å². The number of ether oxygens (including phenoxy) is 2. The third kappa shape index (κ3) is 7.15. The van der Waals surface area contributed by atoms with Gasteiger partial charge < -0.3 is 19.7 Å². The van der Waals surface area contributed by atoms with Crippen molar-refractivity contribution in [3.05, 3.63) is 97.3 Å². The van der Waals surface area contributed by atoms with Crippen molar-refractivity contribution in [2.45, 2.75) is 53.0 Å². The number of hydrogen-bond acceptors (Lipinski definition) is 8. The zero-order valence-corrected chi connectivity index (χ0v) is 25.2. The number of hydrogen-bond donors (Lipinski definition) is 1. The van der Waals surface area contributed by atoms with E-state index in [1.165, 1.54) is 24.8 Å². The number of allylic oxidation sites excluding steroid dienone is 2. The second kappa shape index (κ2) is 13.8. The molecule has 10 heteroatoms. The van der Waals surface area contributed by atoms with Gasteiger partial charge in [-0.2, -0.15) is 0 Å². The summed E-state index contributed by atoms with van der Waals surface area (Å²) >= 11 is 6.52. The fourth-order valence-corrected chi connectivity index (χ4v) is 5.70. The van der Waals surface area contributed by atoms with Gasteiger partial charge in [-0.1, -0.05) is 67.9 Å². The number of halogens is 1. The van der Waals surface area contributed by atoms with Crippen LogP contribution in [-0.2, 0) is 25.6 Å². The molecule has 1 heterocycles. The van der Waals surface area contributed by atoms with E-state index in [4.69, 9.17) is 21.1 Å². The molecule has 0 aliphatic carbocycles. The summed E-state index contributed by atoms with van der Waals surface area (Å²) in [6, 6.07) is 14.5. The fourth-order valence-electron chi connectivity index (χ4n) is 5.40. The molecule has 0 radical (unpaired) electrons. The number of nitro benzene ring substituents is 1. The monoisotopic (exact) mass is 583 g/mol. The van der Waals surface area contributed by atoms with Crippen molar-refractivity contribution >= 4 is 29.2 Å². The van der Waals surface area contributed by atoms with Crippen LogP contribution in [0.5, 0.6) is 0 Å². The van der Waals surface area contributed by atoms with E-state index < -0.39 is 22.8 Å². The highest BCUT2D eigenvalue weighted by molar-refractivity contribution is 6.33. The Hall–Kier alpha value is -3.69. The Bertz CT molecular complexity index is 1350. The van der Waals surface area contributed by atoms with Crippen LogP contribution < -0.4 is 5.32 Å². The smallest absolute Gasteiger partial charge is 0.336 e. The van der Waals surface area contributed by atoms with E-state index in [0.717, 1.165) is 19.4 Å². The lowest BCUT2D eigenvalue weighted by Gasteiger charge is -2.36. The standard InChI is InChI=1S/C31H38ClN3O6/c1-7-31(8-2,18-34(5)17-22-13-10-9-11-14-22)19-41-30(37)26-21(4)33-20(3)25(29(36)40-6)27(26)23-15-12-16-24(28(23)32)35(38)39/h9-16,27,33H,7-8,17-19H2,1-6H3. The number of carbonyl (C=O) groups excluding carboxylic acids is 2. The lowest BCUT2D eigenvalue weighted by molar-refractivity contribution is -0.384. The van der Waals surface area contributed by atoms with Crippen LogP contribution in [0.4, 0.5) is 5.69 Å². The third-order valence-corrected chi connectivity index (χ3v) is 8.22. The van der Waals surface area contributed by atoms with Crippen LogP contribution in [0.2, 0.25) is 5.02 Å². The number of esters is 2. The van der Waals surface area contributed by atoms with E-state index in [9.17, 15) is 19.7 Å². The fraction of sp³-hybridized carbons (Fsp3) is 0.419. The van der Waals surface area contributed by atoms with E-state index >= 15 is 0 Å². The average Bonchev–Trinajstić information content (AvgIpc) is 2.95. The molecule has 1 N–H and O–H groups in total. The van der Waals surface area contributed by atoms with Gasteiger partial charge in [0.1, 0.15) is 5.02 Å². The van der Waals surface area contributed by atoms with E-state index in [0.29, 0.717) is 17.9 Å². The minimum absolute atomic E-state index is 0.132. The number of benzene rings is 2. The molecule has 0 saturated carbocycles. The molecular weight excluding hydrogens is 546 g/mol. The number of nitro groups is 1. The van der Waals surface area contributed by atoms with Gasteiger partial charge in [0.2, 0.25) is 0 Å². The van der Waals surface area contributed by atoms with E-state index in [2.05, 4.69) is 36.2 Å². The van der Waals surface area contributed by atoms with Gasteiger partial charge in [0.25, 0.3) is 5.69 Å². The molecule has 1 aliphatic heterocycles. The maximum Gasteiger partial charge on any atom is 0.336 e. The van der Waals surface area contributed by atoms with Gasteiger partial charge in [0, 0.05) is 36.0 Å². The molecule has 1 unspecified atom stereocenters. The third-order valence-electron chi connectivity index (χ3n) is 7.81. The van der Waals surface area contributed by atoms with Gasteiger partial charge in [0.15, 0.2) is 0 Å². The molecule has 1 atom stereocenters. The van der Waals surface area contributed by atoms with Crippen molar-refractivity contribution in [2.24, 2.45) is 5.41 Å². The molecule has 0 saturated heterocycles. The second-order valence-electron chi connectivity index (χ2n) is 10.5. The maximum absolute atomic E-state index is 13.9. The molecule has 0 bridgehead atoms. The first kappa shape index (κ1) is 31.8. The van der Waals surface area contributed by atoms with Gasteiger partial charge in [-0.3, -0.25) is 10.1 Å². The molecule has 220 valence electrons. The highest BCUT2D eigenvalue weighted by Crippen LogP contribution is 2.44. The number of dihydropyridines is 1. The summed E-state index contributed by atoms with van der Waals surface area (Å²) in [4.78, 5) is 40.1. The Morgan fingerprint density at radius 3 is 2.20 bits per heavy atom. The van der Waals surface area contributed by atoms with Gasteiger partial charge in [-0.15, -0.1) is 0 Å². The Morgan fingerprint density at radius 1 is 1.02 bits per heavy atom. The SMILES string of the molecule is CCC(CC)(COC(=O)C1=C(C)NC(C)=C(C(=O)OC)C1c1cccc([N+](=O)[O-])c1Cl)CN(C)Cc1ccccc1. The van der Waals surface area contributed by atoms with Crippen molar-refractivity contribution in [2.75, 3.05) is 27.3 Å². The maximum atomic E-state index is 13.9. The number of nitrogens with zero attached hydrogens (tertiary/aromatic N) is 2. The molecule has 0 amide bonds. The van der Waals surface area contributed by atoms with Crippen LogP contribution in [-0.4, -0.2) is 49.1 Å². The zero-order chi connectivity index (χ0) is 30.3. The number of methoxy groups -OCH3 is 1. The zero-order valence-electron chi connectivity index (χ0n) is 24.5. The first-order chi connectivity index (χ1) is 19.5. The predicted molar refractivity (Wildman–Crippen MR) is 158 cm³/mol. The Balaban J connectivity index is 1.95. The van der Waals surface area contributed by atoms with Gasteiger partial charge in [-0.25, -0.2) is 9.59 Å². The molecule has 2 aromatic carbocycles. The lowest BCUT2D eigenvalue weighted by atomic mass is 9.80. The molecule has 9 nitrogen and oxygen atoms in total. The molecule has 3 rings (SSSR count). The predicted octanol–water partition coefficient (Wildman–Crippen LogP) is 6.14. The van der Waals surface area contributed by atoms with Crippen LogP contribution in [0, 0.1) is 15.5 Å². The Labute approximate surface area is 246 Å². The Morgan fingerprint density at radius 2 is 1.63 bits per heavy atom. The molecule has 2 aromatic rings. The summed E-state index contributed by atoms with van der Waals surface area (Å²) in [5, 5.41) is 14.6. The summed E-state index contributed by atoms with van der Waals surface area (Å²) in [5.74, 6) is -2.34. The average molecular weight is 584 g/mol. The van der Waals surface area contributed by atoms with Crippen LogP contribution in [0.25, 0.3) is 0 Å². The highest BCUT2D eigenvalue weighted by atomic mass is 35.5. The van der Waals surface area contributed by atoms with Gasteiger partial charge in [-0.05, 0) is 44.9 Å². The van der Waals surface area contributed by atoms with Crippen LogP contribution >= 0.6 is 11.6 Å². The molecular formula is C31H38ClN3O6. The highest BCUT2D eigenvalue weighted by Gasteiger charge is 2.41.